The van der Waals surface area contributed by atoms with Crippen LogP contribution in [0, 0.1) is 6.92 Å². The third kappa shape index (κ3) is 2.01. The fourth-order valence-corrected chi connectivity index (χ4v) is 2.30. The van der Waals surface area contributed by atoms with Gasteiger partial charge in [0.05, 0.1) is 11.2 Å². The SMILES string of the molecule is Cc1nc(-c2ccccc2C(N)=O)c2ccccc2n1. The highest BCUT2D eigenvalue weighted by Crippen LogP contribution is 2.28. The second-order valence-electron chi connectivity index (χ2n) is 4.55. The molecule has 1 amide bonds. The van der Waals surface area contributed by atoms with Crippen molar-refractivity contribution in [3.8, 4) is 11.3 Å². The summed E-state index contributed by atoms with van der Waals surface area (Å²) in [5.74, 6) is 0.207. The first-order valence-corrected chi connectivity index (χ1v) is 6.29. The molecule has 0 aliphatic carbocycles. The van der Waals surface area contributed by atoms with Gasteiger partial charge in [0.25, 0.3) is 0 Å². The van der Waals surface area contributed by atoms with Gasteiger partial charge in [0.2, 0.25) is 5.91 Å². The van der Waals surface area contributed by atoms with Crippen molar-refractivity contribution in [3.05, 3.63) is 59.9 Å². The van der Waals surface area contributed by atoms with Gasteiger partial charge in [-0.3, -0.25) is 4.79 Å². The van der Waals surface area contributed by atoms with E-state index in [0.717, 1.165) is 22.2 Å². The summed E-state index contributed by atoms with van der Waals surface area (Å²) in [6, 6.07) is 15.0. The van der Waals surface area contributed by atoms with Gasteiger partial charge in [-0.15, -0.1) is 0 Å². The van der Waals surface area contributed by atoms with Crippen LogP contribution in [0.1, 0.15) is 16.2 Å². The first kappa shape index (κ1) is 12.3. The number of para-hydroxylation sites is 1. The van der Waals surface area contributed by atoms with Crippen LogP contribution in [0.2, 0.25) is 0 Å². The molecule has 0 bridgehead atoms. The molecule has 2 N–H and O–H groups in total. The molecule has 4 nitrogen and oxygen atoms in total. The lowest BCUT2D eigenvalue weighted by molar-refractivity contribution is 0.100. The number of nitrogens with two attached hydrogens (primary N) is 1. The van der Waals surface area contributed by atoms with Crippen molar-refractivity contribution < 1.29 is 4.79 Å². The molecular formula is C16H13N3O. The molecule has 0 aliphatic heterocycles. The summed E-state index contributed by atoms with van der Waals surface area (Å²) in [6.45, 7) is 1.84. The van der Waals surface area contributed by atoms with E-state index in [2.05, 4.69) is 9.97 Å². The van der Waals surface area contributed by atoms with E-state index in [1.165, 1.54) is 0 Å². The van der Waals surface area contributed by atoms with E-state index in [1.807, 2.05) is 43.3 Å². The summed E-state index contributed by atoms with van der Waals surface area (Å²) < 4.78 is 0. The average Bonchev–Trinajstić information content (AvgIpc) is 2.46. The van der Waals surface area contributed by atoms with E-state index >= 15 is 0 Å². The highest BCUT2D eigenvalue weighted by atomic mass is 16.1. The second kappa shape index (κ2) is 4.74. The standard InChI is InChI=1S/C16H13N3O/c1-10-18-14-9-5-4-8-13(14)15(19-10)11-6-2-3-7-12(11)16(17)20/h2-9H,1H3,(H2,17,20). The van der Waals surface area contributed by atoms with Crippen LogP contribution in [-0.2, 0) is 0 Å². The number of fused-ring (bicyclic) bond motifs is 1. The van der Waals surface area contributed by atoms with E-state index in [4.69, 9.17) is 5.73 Å². The van der Waals surface area contributed by atoms with Crippen LogP contribution in [0.4, 0.5) is 0 Å². The average molecular weight is 263 g/mol. The van der Waals surface area contributed by atoms with Crippen molar-refractivity contribution in [1.82, 2.24) is 9.97 Å². The van der Waals surface area contributed by atoms with Gasteiger partial charge in [0.15, 0.2) is 0 Å². The topological polar surface area (TPSA) is 68.9 Å². The van der Waals surface area contributed by atoms with Crippen LogP contribution in [0.5, 0.6) is 0 Å². The summed E-state index contributed by atoms with van der Waals surface area (Å²) in [6.07, 6.45) is 0. The summed E-state index contributed by atoms with van der Waals surface area (Å²) in [7, 11) is 0. The summed E-state index contributed by atoms with van der Waals surface area (Å²) in [5.41, 5.74) is 8.25. The number of nitrogens with zero attached hydrogens (tertiary/aromatic N) is 2. The second-order valence-corrected chi connectivity index (χ2v) is 4.55. The Morgan fingerprint density at radius 1 is 1.00 bits per heavy atom. The van der Waals surface area contributed by atoms with Gasteiger partial charge >= 0.3 is 0 Å². The fourth-order valence-electron chi connectivity index (χ4n) is 2.30. The van der Waals surface area contributed by atoms with Crippen LogP contribution >= 0.6 is 0 Å². The van der Waals surface area contributed by atoms with Crippen molar-refractivity contribution >= 4 is 16.8 Å². The minimum absolute atomic E-state index is 0.457. The Hall–Kier alpha value is -2.75. The van der Waals surface area contributed by atoms with Gasteiger partial charge in [0, 0.05) is 16.5 Å². The molecule has 0 saturated carbocycles. The van der Waals surface area contributed by atoms with E-state index in [9.17, 15) is 4.79 Å². The largest absolute Gasteiger partial charge is 0.366 e. The summed E-state index contributed by atoms with van der Waals surface area (Å²) >= 11 is 0. The number of aryl methyl sites for hydroxylation is 1. The predicted octanol–water partition coefficient (Wildman–Crippen LogP) is 2.70. The molecule has 1 aromatic heterocycles. The number of primary amides is 1. The number of aromatic nitrogens is 2. The maximum Gasteiger partial charge on any atom is 0.249 e. The van der Waals surface area contributed by atoms with Crippen molar-refractivity contribution in [1.29, 1.82) is 0 Å². The molecular weight excluding hydrogens is 250 g/mol. The number of carbonyl (C=O) groups is 1. The van der Waals surface area contributed by atoms with Gasteiger partial charge in [0.1, 0.15) is 5.82 Å². The molecule has 4 heteroatoms. The Bertz CT molecular complexity index is 812. The molecule has 0 saturated heterocycles. The molecule has 20 heavy (non-hydrogen) atoms. The lowest BCUT2D eigenvalue weighted by Gasteiger charge is -2.09. The first-order valence-electron chi connectivity index (χ1n) is 6.29. The van der Waals surface area contributed by atoms with Crippen molar-refractivity contribution in [3.63, 3.8) is 0 Å². The minimum atomic E-state index is -0.457. The van der Waals surface area contributed by atoms with Crippen LogP contribution in [0.25, 0.3) is 22.2 Å². The highest BCUT2D eigenvalue weighted by molar-refractivity contribution is 6.03. The first-order chi connectivity index (χ1) is 9.66. The summed E-state index contributed by atoms with van der Waals surface area (Å²) in [5, 5.41) is 0.909. The zero-order chi connectivity index (χ0) is 14.1. The predicted molar refractivity (Wildman–Crippen MR) is 78.2 cm³/mol. The van der Waals surface area contributed by atoms with E-state index in [0.29, 0.717) is 11.4 Å². The van der Waals surface area contributed by atoms with E-state index in [-0.39, 0.29) is 0 Å². The molecule has 0 unspecified atom stereocenters. The smallest absolute Gasteiger partial charge is 0.249 e. The monoisotopic (exact) mass is 263 g/mol. The van der Waals surface area contributed by atoms with Gasteiger partial charge in [-0.2, -0.15) is 0 Å². The van der Waals surface area contributed by atoms with Gasteiger partial charge in [-0.05, 0) is 19.1 Å². The van der Waals surface area contributed by atoms with Gasteiger partial charge < -0.3 is 5.73 Å². The molecule has 0 radical (unpaired) electrons. The summed E-state index contributed by atoms with van der Waals surface area (Å²) in [4.78, 5) is 20.5. The zero-order valence-electron chi connectivity index (χ0n) is 11.0. The molecule has 98 valence electrons. The molecule has 3 rings (SSSR count). The Labute approximate surface area is 116 Å². The Kier molecular flexibility index (Phi) is 2.91. The molecule has 1 heterocycles. The third-order valence-electron chi connectivity index (χ3n) is 3.16. The van der Waals surface area contributed by atoms with Crippen molar-refractivity contribution in [2.24, 2.45) is 5.73 Å². The van der Waals surface area contributed by atoms with Crippen molar-refractivity contribution in [2.75, 3.05) is 0 Å². The quantitative estimate of drug-likeness (QED) is 0.772. The lowest BCUT2D eigenvalue weighted by Crippen LogP contribution is -2.12. The maximum absolute atomic E-state index is 11.6. The number of amides is 1. The van der Waals surface area contributed by atoms with Gasteiger partial charge in [-0.25, -0.2) is 9.97 Å². The molecule has 0 atom stereocenters. The number of hydrogen-bond donors (Lipinski definition) is 1. The Morgan fingerprint density at radius 2 is 1.70 bits per heavy atom. The third-order valence-corrected chi connectivity index (χ3v) is 3.16. The number of carbonyl (C=O) groups excluding carboxylic acids is 1. The van der Waals surface area contributed by atoms with Crippen molar-refractivity contribution in [2.45, 2.75) is 6.92 Å². The molecule has 0 fully saturated rings. The van der Waals surface area contributed by atoms with Crippen LogP contribution in [0.15, 0.2) is 48.5 Å². The number of hydrogen-bond acceptors (Lipinski definition) is 3. The van der Waals surface area contributed by atoms with Gasteiger partial charge in [-0.1, -0.05) is 36.4 Å². The fraction of sp³-hybridized carbons (Fsp3) is 0.0625. The van der Waals surface area contributed by atoms with E-state index < -0.39 is 5.91 Å². The van der Waals surface area contributed by atoms with Crippen LogP contribution in [-0.4, -0.2) is 15.9 Å². The molecule has 3 aromatic rings. The van der Waals surface area contributed by atoms with E-state index in [1.54, 1.807) is 12.1 Å². The highest BCUT2D eigenvalue weighted by Gasteiger charge is 2.14. The molecule has 2 aromatic carbocycles. The number of benzene rings is 2. The normalized spacial score (nSPS) is 10.7. The number of rotatable bonds is 2. The Balaban J connectivity index is 2.38. The van der Waals surface area contributed by atoms with Crippen LogP contribution < -0.4 is 5.73 Å². The molecule has 0 aliphatic rings. The zero-order valence-corrected chi connectivity index (χ0v) is 11.0. The minimum Gasteiger partial charge on any atom is -0.366 e. The Morgan fingerprint density at radius 3 is 2.50 bits per heavy atom. The van der Waals surface area contributed by atoms with Crippen LogP contribution in [0.3, 0.4) is 0 Å². The molecule has 0 spiro atoms. The maximum atomic E-state index is 11.6. The lowest BCUT2D eigenvalue weighted by atomic mass is 10.0.